The van der Waals surface area contributed by atoms with E-state index in [9.17, 15) is 4.79 Å². The van der Waals surface area contributed by atoms with Gasteiger partial charge in [-0.25, -0.2) is 0 Å². The first-order valence-electron chi connectivity index (χ1n) is 10.6. The molecule has 30 heavy (non-hydrogen) atoms. The first kappa shape index (κ1) is 22.2. The molecule has 0 unspecified atom stereocenters. The topological polar surface area (TPSA) is 64.2 Å². The highest BCUT2D eigenvalue weighted by molar-refractivity contribution is 7.99. The number of carbonyl (C=O) groups is 1. The summed E-state index contributed by atoms with van der Waals surface area (Å²) in [6.07, 6.45) is 5.01. The molecule has 0 aliphatic rings. The van der Waals surface area contributed by atoms with Crippen LogP contribution in [0.4, 0.5) is 0 Å². The summed E-state index contributed by atoms with van der Waals surface area (Å²) >= 11 is 1.62. The van der Waals surface area contributed by atoms with E-state index in [1.807, 2.05) is 33.7 Å². The van der Waals surface area contributed by atoms with Crippen molar-refractivity contribution in [2.75, 3.05) is 18.8 Å². The van der Waals surface area contributed by atoms with Crippen LogP contribution in [0.1, 0.15) is 45.1 Å². The second-order valence-corrected chi connectivity index (χ2v) is 8.35. The lowest BCUT2D eigenvalue weighted by atomic mass is 10.2. The average molecular weight is 427 g/mol. The van der Waals surface area contributed by atoms with Gasteiger partial charge in [-0.05, 0) is 56.0 Å². The van der Waals surface area contributed by atoms with E-state index in [2.05, 4.69) is 43.1 Å². The van der Waals surface area contributed by atoms with Gasteiger partial charge in [0.25, 0.3) is 0 Å². The van der Waals surface area contributed by atoms with E-state index in [1.165, 1.54) is 5.56 Å². The summed E-state index contributed by atoms with van der Waals surface area (Å²) in [5, 5.41) is 9.59. The van der Waals surface area contributed by atoms with Crippen molar-refractivity contribution in [3.63, 3.8) is 0 Å². The molecule has 7 heteroatoms. The van der Waals surface area contributed by atoms with Gasteiger partial charge in [0.2, 0.25) is 11.7 Å². The second-order valence-electron chi connectivity index (χ2n) is 7.29. The zero-order valence-corrected chi connectivity index (χ0v) is 18.8. The van der Waals surface area contributed by atoms with E-state index in [1.54, 1.807) is 18.0 Å². The van der Waals surface area contributed by atoms with E-state index in [-0.39, 0.29) is 5.91 Å². The summed E-state index contributed by atoms with van der Waals surface area (Å²) in [7, 11) is 0. The summed E-state index contributed by atoms with van der Waals surface area (Å²) in [5.41, 5.74) is 2.17. The molecule has 0 saturated carbocycles. The van der Waals surface area contributed by atoms with Gasteiger partial charge in [-0.15, -0.1) is 10.2 Å². The summed E-state index contributed by atoms with van der Waals surface area (Å²) in [4.78, 5) is 14.5. The Kier molecular flexibility index (Phi) is 8.13. The van der Waals surface area contributed by atoms with Crippen molar-refractivity contribution in [3.05, 3.63) is 48.2 Å². The van der Waals surface area contributed by atoms with Gasteiger partial charge in [0.1, 0.15) is 0 Å². The molecule has 0 bridgehead atoms. The van der Waals surface area contributed by atoms with E-state index in [0.717, 1.165) is 48.9 Å². The molecule has 1 aromatic carbocycles. The van der Waals surface area contributed by atoms with E-state index >= 15 is 0 Å². The van der Waals surface area contributed by atoms with Crippen molar-refractivity contribution in [1.82, 2.24) is 19.7 Å². The van der Waals surface area contributed by atoms with Crippen molar-refractivity contribution < 1.29 is 9.21 Å². The van der Waals surface area contributed by atoms with Crippen LogP contribution in [0.3, 0.4) is 0 Å². The number of carbonyl (C=O) groups excluding carboxylic acids is 1. The minimum Gasteiger partial charge on any atom is -0.461 e. The summed E-state index contributed by atoms with van der Waals surface area (Å²) in [6, 6.07) is 12.0. The van der Waals surface area contributed by atoms with Crippen LogP contribution in [0.25, 0.3) is 17.3 Å². The van der Waals surface area contributed by atoms with Crippen LogP contribution in [0.2, 0.25) is 0 Å². The van der Waals surface area contributed by atoms with Crippen molar-refractivity contribution >= 4 is 17.7 Å². The molecule has 3 rings (SSSR count). The summed E-state index contributed by atoms with van der Waals surface area (Å²) in [5.74, 6) is 2.41. The lowest BCUT2D eigenvalue weighted by Gasteiger charge is -2.21. The van der Waals surface area contributed by atoms with Crippen LogP contribution in [-0.4, -0.2) is 44.4 Å². The third-order valence-corrected chi connectivity index (χ3v) is 5.76. The maximum Gasteiger partial charge on any atom is 0.222 e. The molecule has 0 atom stereocenters. The molecule has 2 aromatic heterocycles. The average Bonchev–Trinajstić information content (AvgIpc) is 3.40. The third kappa shape index (κ3) is 5.53. The van der Waals surface area contributed by atoms with Crippen molar-refractivity contribution in [2.45, 2.75) is 51.6 Å². The van der Waals surface area contributed by atoms with Crippen LogP contribution in [0.15, 0.2) is 52.2 Å². The minimum atomic E-state index is 0.246. The fourth-order valence-corrected chi connectivity index (χ4v) is 4.27. The fraction of sp³-hybridized carbons (Fsp3) is 0.435. The normalized spacial score (nSPS) is 11.0. The number of benzene rings is 1. The summed E-state index contributed by atoms with van der Waals surface area (Å²) < 4.78 is 7.60. The molecule has 0 aliphatic heterocycles. The highest BCUT2D eigenvalue weighted by atomic mass is 32.2. The summed E-state index contributed by atoms with van der Waals surface area (Å²) in [6.45, 7) is 7.97. The van der Waals surface area contributed by atoms with Crippen molar-refractivity contribution in [2.24, 2.45) is 0 Å². The molecular formula is C23H30N4O2S. The zero-order valence-electron chi connectivity index (χ0n) is 18.0. The number of aromatic nitrogens is 3. The lowest BCUT2D eigenvalue weighted by molar-refractivity contribution is -0.131. The van der Waals surface area contributed by atoms with Crippen LogP contribution in [0, 0.1) is 6.92 Å². The van der Waals surface area contributed by atoms with Gasteiger partial charge < -0.3 is 9.32 Å². The molecule has 160 valence electrons. The predicted molar refractivity (Wildman–Crippen MR) is 121 cm³/mol. The monoisotopic (exact) mass is 426 g/mol. The van der Waals surface area contributed by atoms with Crippen molar-refractivity contribution in [1.29, 1.82) is 0 Å². The lowest BCUT2D eigenvalue weighted by Crippen LogP contribution is -2.32. The Balaban J connectivity index is 1.70. The Morgan fingerprint density at radius 2 is 1.93 bits per heavy atom. The molecule has 3 aromatic rings. The molecule has 0 N–H and O–H groups in total. The maximum absolute atomic E-state index is 12.5. The van der Waals surface area contributed by atoms with Crippen LogP contribution >= 0.6 is 11.8 Å². The van der Waals surface area contributed by atoms with Gasteiger partial charge in [-0.1, -0.05) is 37.7 Å². The number of nitrogens with zero attached hydrogens (tertiary/aromatic N) is 4. The predicted octanol–water partition coefficient (Wildman–Crippen LogP) is 5.36. The largest absolute Gasteiger partial charge is 0.461 e. The molecule has 6 nitrogen and oxygen atoms in total. The Morgan fingerprint density at radius 1 is 1.13 bits per heavy atom. The number of hydrogen-bond donors (Lipinski definition) is 0. The van der Waals surface area contributed by atoms with Gasteiger partial charge in [0.15, 0.2) is 10.9 Å². The molecule has 0 radical (unpaired) electrons. The van der Waals surface area contributed by atoms with Crippen molar-refractivity contribution in [3.8, 4) is 17.3 Å². The molecule has 0 aliphatic carbocycles. The molecule has 2 heterocycles. The molecule has 0 saturated heterocycles. The number of aryl methyl sites for hydroxylation is 1. The molecule has 0 spiro atoms. The van der Waals surface area contributed by atoms with E-state index < -0.39 is 0 Å². The van der Waals surface area contributed by atoms with Crippen LogP contribution < -0.4 is 0 Å². The number of rotatable bonds is 11. The Bertz CT molecular complexity index is 931. The smallest absolute Gasteiger partial charge is 0.222 e. The zero-order chi connectivity index (χ0) is 21.3. The fourth-order valence-electron chi connectivity index (χ4n) is 3.37. The van der Waals surface area contributed by atoms with Crippen LogP contribution in [-0.2, 0) is 4.79 Å². The standard InChI is InChI=1S/C23H30N4O2S/c1-4-13-26(14-5-2)21(28)12-8-16-30-23-25-24-22(20-11-7-15-29-20)27(23)19-10-6-9-18(3)17-19/h6-7,9-11,15,17H,4-5,8,12-14,16H2,1-3H3. The number of hydrogen-bond acceptors (Lipinski definition) is 5. The van der Waals surface area contributed by atoms with Gasteiger partial charge in [-0.2, -0.15) is 0 Å². The maximum atomic E-state index is 12.5. The minimum absolute atomic E-state index is 0.246. The van der Waals surface area contributed by atoms with E-state index in [0.29, 0.717) is 18.0 Å². The Hall–Kier alpha value is -2.54. The highest BCUT2D eigenvalue weighted by Gasteiger charge is 2.18. The van der Waals surface area contributed by atoms with E-state index in [4.69, 9.17) is 4.42 Å². The van der Waals surface area contributed by atoms with Gasteiger partial charge in [-0.3, -0.25) is 9.36 Å². The quantitative estimate of drug-likeness (QED) is 0.305. The number of thioether (sulfide) groups is 1. The van der Waals surface area contributed by atoms with Crippen LogP contribution in [0.5, 0.6) is 0 Å². The first-order chi connectivity index (χ1) is 14.6. The number of amides is 1. The highest BCUT2D eigenvalue weighted by Crippen LogP contribution is 2.29. The molecule has 0 fully saturated rings. The Morgan fingerprint density at radius 3 is 2.60 bits per heavy atom. The van der Waals surface area contributed by atoms with Gasteiger partial charge in [0, 0.05) is 25.3 Å². The number of furan rings is 1. The molecular weight excluding hydrogens is 396 g/mol. The van der Waals surface area contributed by atoms with Gasteiger partial charge >= 0.3 is 0 Å². The second kappa shape index (κ2) is 11.0. The first-order valence-corrected chi connectivity index (χ1v) is 11.6. The van der Waals surface area contributed by atoms with Gasteiger partial charge in [0.05, 0.1) is 12.0 Å². The SMILES string of the molecule is CCCN(CCC)C(=O)CCCSc1nnc(-c2ccco2)n1-c1cccc(C)c1. The Labute approximate surface area is 182 Å². The third-order valence-electron chi connectivity index (χ3n) is 4.74. The molecule has 1 amide bonds.